The Morgan fingerprint density at radius 1 is 1.13 bits per heavy atom. The van der Waals surface area contributed by atoms with Crippen molar-refractivity contribution in [1.29, 1.82) is 0 Å². The highest BCUT2D eigenvalue weighted by atomic mass is 16.5. The van der Waals surface area contributed by atoms with Gasteiger partial charge in [0.05, 0.1) is 5.52 Å². The van der Waals surface area contributed by atoms with Crippen molar-refractivity contribution in [3.05, 3.63) is 78.0 Å². The van der Waals surface area contributed by atoms with Crippen LogP contribution < -0.4 is 10.2 Å². The molecule has 1 N–H and O–H groups in total. The predicted octanol–water partition coefficient (Wildman–Crippen LogP) is 3.74. The lowest BCUT2D eigenvalue weighted by atomic mass is 10.1. The van der Waals surface area contributed by atoms with Gasteiger partial charge in [-0.05, 0) is 43.7 Å². The molecular formula is C25H27N3O3. The van der Waals surface area contributed by atoms with E-state index in [-0.39, 0.29) is 12.5 Å². The van der Waals surface area contributed by atoms with E-state index in [9.17, 15) is 9.59 Å². The lowest BCUT2D eigenvalue weighted by Crippen LogP contribution is -2.36. The molecule has 6 heteroatoms. The number of fused-ring (bicyclic) bond motifs is 1. The molecule has 6 nitrogen and oxygen atoms in total. The summed E-state index contributed by atoms with van der Waals surface area (Å²) < 4.78 is 5.05. The molecule has 31 heavy (non-hydrogen) atoms. The molecule has 1 heterocycles. The third-order valence-electron chi connectivity index (χ3n) is 4.86. The Balaban J connectivity index is 1.44. The fourth-order valence-electron chi connectivity index (χ4n) is 3.28. The van der Waals surface area contributed by atoms with Crippen LogP contribution in [-0.4, -0.2) is 43.1 Å². The predicted molar refractivity (Wildman–Crippen MR) is 124 cm³/mol. The van der Waals surface area contributed by atoms with Crippen molar-refractivity contribution in [1.82, 2.24) is 10.3 Å². The monoisotopic (exact) mass is 417 g/mol. The van der Waals surface area contributed by atoms with Gasteiger partial charge < -0.3 is 15.0 Å². The van der Waals surface area contributed by atoms with Gasteiger partial charge in [0.15, 0.2) is 6.61 Å². The molecule has 0 aliphatic heterocycles. The summed E-state index contributed by atoms with van der Waals surface area (Å²) in [4.78, 5) is 30.5. The standard InChI is InChI=1S/C25H27N3O3/c1-3-28(22-11-4-7-19(2)17-22)16-15-26-23(29)18-31-24(30)13-12-21-9-5-8-20-10-6-14-27-25(20)21/h4-14,17H,3,15-16,18H2,1-2H3,(H,26,29). The van der Waals surface area contributed by atoms with E-state index < -0.39 is 5.97 Å². The summed E-state index contributed by atoms with van der Waals surface area (Å²) in [6.45, 7) is 5.79. The van der Waals surface area contributed by atoms with Gasteiger partial charge in [-0.1, -0.05) is 36.4 Å². The third-order valence-corrected chi connectivity index (χ3v) is 4.86. The first-order valence-corrected chi connectivity index (χ1v) is 10.3. The number of nitrogens with zero attached hydrogens (tertiary/aromatic N) is 2. The Kier molecular flexibility index (Phi) is 7.76. The summed E-state index contributed by atoms with van der Waals surface area (Å²) in [7, 11) is 0. The summed E-state index contributed by atoms with van der Waals surface area (Å²) in [6, 6.07) is 17.8. The summed E-state index contributed by atoms with van der Waals surface area (Å²) in [5.41, 5.74) is 3.94. The van der Waals surface area contributed by atoms with Crippen LogP contribution >= 0.6 is 0 Å². The average Bonchev–Trinajstić information content (AvgIpc) is 2.79. The number of hydrogen-bond donors (Lipinski definition) is 1. The maximum Gasteiger partial charge on any atom is 0.331 e. The molecule has 0 atom stereocenters. The second kappa shape index (κ2) is 10.9. The van der Waals surface area contributed by atoms with Gasteiger partial charge in [0, 0.05) is 48.5 Å². The number of hydrogen-bond acceptors (Lipinski definition) is 5. The molecule has 0 fully saturated rings. The number of amides is 1. The van der Waals surface area contributed by atoms with Gasteiger partial charge >= 0.3 is 5.97 Å². The van der Waals surface area contributed by atoms with Crippen molar-refractivity contribution < 1.29 is 14.3 Å². The molecule has 0 radical (unpaired) electrons. The first kappa shape index (κ1) is 22.0. The fraction of sp³-hybridized carbons (Fsp3) is 0.240. The summed E-state index contributed by atoms with van der Waals surface area (Å²) >= 11 is 0. The fourth-order valence-corrected chi connectivity index (χ4v) is 3.28. The van der Waals surface area contributed by atoms with E-state index in [4.69, 9.17) is 4.74 Å². The number of likely N-dealkylation sites (N-methyl/N-ethyl adjacent to an activating group) is 1. The van der Waals surface area contributed by atoms with Gasteiger partial charge in [-0.15, -0.1) is 0 Å². The maximum atomic E-state index is 12.0. The molecule has 3 rings (SSSR count). The van der Waals surface area contributed by atoms with Gasteiger partial charge in [0.2, 0.25) is 0 Å². The van der Waals surface area contributed by atoms with Crippen molar-refractivity contribution >= 4 is 34.5 Å². The number of esters is 1. The molecule has 160 valence electrons. The number of carbonyl (C=O) groups is 2. The zero-order valence-electron chi connectivity index (χ0n) is 17.9. The number of nitrogens with one attached hydrogen (secondary N) is 1. The van der Waals surface area contributed by atoms with E-state index in [1.54, 1.807) is 12.3 Å². The lowest BCUT2D eigenvalue weighted by Gasteiger charge is -2.23. The van der Waals surface area contributed by atoms with Crippen molar-refractivity contribution in [2.75, 3.05) is 31.1 Å². The van der Waals surface area contributed by atoms with Gasteiger partial charge in [0.1, 0.15) is 0 Å². The maximum absolute atomic E-state index is 12.0. The average molecular weight is 418 g/mol. The van der Waals surface area contributed by atoms with Crippen molar-refractivity contribution in [3.63, 3.8) is 0 Å². The Morgan fingerprint density at radius 2 is 1.94 bits per heavy atom. The molecule has 2 aromatic carbocycles. The van der Waals surface area contributed by atoms with Crippen LogP contribution in [0.1, 0.15) is 18.1 Å². The minimum Gasteiger partial charge on any atom is -0.452 e. The van der Waals surface area contributed by atoms with E-state index >= 15 is 0 Å². The van der Waals surface area contributed by atoms with Crippen molar-refractivity contribution in [3.8, 4) is 0 Å². The second-order valence-electron chi connectivity index (χ2n) is 7.13. The molecule has 0 aliphatic carbocycles. The van der Waals surface area contributed by atoms with E-state index in [1.807, 2.05) is 36.4 Å². The molecule has 0 saturated carbocycles. The van der Waals surface area contributed by atoms with Crippen LogP contribution in [0.25, 0.3) is 17.0 Å². The van der Waals surface area contributed by atoms with E-state index in [0.29, 0.717) is 13.1 Å². The number of carbonyl (C=O) groups excluding carboxylic acids is 2. The number of aromatic nitrogens is 1. The molecule has 1 aromatic heterocycles. The van der Waals surface area contributed by atoms with Gasteiger partial charge in [0.25, 0.3) is 5.91 Å². The van der Waals surface area contributed by atoms with Gasteiger partial charge in [-0.3, -0.25) is 9.78 Å². The zero-order valence-corrected chi connectivity index (χ0v) is 17.9. The Morgan fingerprint density at radius 3 is 2.74 bits per heavy atom. The summed E-state index contributed by atoms with van der Waals surface area (Å²) in [5, 5.41) is 3.78. The number of para-hydroxylation sites is 1. The van der Waals surface area contributed by atoms with Crippen LogP contribution in [-0.2, 0) is 14.3 Å². The highest BCUT2D eigenvalue weighted by Crippen LogP contribution is 2.17. The minimum absolute atomic E-state index is 0.312. The van der Waals surface area contributed by atoms with Crippen molar-refractivity contribution in [2.24, 2.45) is 0 Å². The quantitative estimate of drug-likeness (QED) is 0.424. The molecule has 0 spiro atoms. The number of benzene rings is 2. The molecule has 0 unspecified atom stereocenters. The molecular weight excluding hydrogens is 390 g/mol. The van der Waals surface area contributed by atoms with Crippen LogP contribution in [0.2, 0.25) is 0 Å². The van der Waals surface area contributed by atoms with Crippen LogP contribution in [0.15, 0.2) is 66.9 Å². The number of ether oxygens (including phenoxy) is 1. The Labute approximate surface area is 182 Å². The Hall–Kier alpha value is -3.67. The SMILES string of the molecule is CCN(CCNC(=O)COC(=O)C=Cc1cccc2cccnc12)c1cccc(C)c1. The van der Waals surface area contributed by atoms with Crippen LogP contribution in [0, 0.1) is 6.92 Å². The third kappa shape index (κ3) is 6.40. The van der Waals surface area contributed by atoms with E-state index in [1.165, 1.54) is 11.6 Å². The van der Waals surface area contributed by atoms with E-state index in [0.717, 1.165) is 28.7 Å². The largest absolute Gasteiger partial charge is 0.452 e. The van der Waals surface area contributed by atoms with Crippen LogP contribution in [0.5, 0.6) is 0 Å². The number of pyridine rings is 1. The Bertz CT molecular complexity index is 1070. The van der Waals surface area contributed by atoms with E-state index in [2.05, 4.69) is 47.2 Å². The topological polar surface area (TPSA) is 71.5 Å². The molecule has 0 saturated heterocycles. The summed E-state index contributed by atoms with van der Waals surface area (Å²) in [6.07, 6.45) is 4.67. The molecule has 0 bridgehead atoms. The summed E-state index contributed by atoms with van der Waals surface area (Å²) in [5.74, 6) is -0.896. The highest BCUT2D eigenvalue weighted by molar-refractivity contribution is 5.93. The first-order valence-electron chi connectivity index (χ1n) is 10.3. The normalized spacial score (nSPS) is 10.9. The second-order valence-corrected chi connectivity index (χ2v) is 7.13. The van der Waals surface area contributed by atoms with Crippen molar-refractivity contribution in [2.45, 2.75) is 13.8 Å². The van der Waals surface area contributed by atoms with Gasteiger partial charge in [-0.25, -0.2) is 4.79 Å². The van der Waals surface area contributed by atoms with Crippen LogP contribution in [0.4, 0.5) is 5.69 Å². The molecule has 0 aliphatic rings. The number of rotatable bonds is 9. The lowest BCUT2D eigenvalue weighted by molar-refractivity contribution is -0.143. The first-order chi connectivity index (χ1) is 15.1. The smallest absolute Gasteiger partial charge is 0.331 e. The highest BCUT2D eigenvalue weighted by Gasteiger charge is 2.08. The van der Waals surface area contributed by atoms with Crippen LogP contribution in [0.3, 0.4) is 0 Å². The number of aryl methyl sites for hydroxylation is 1. The number of anilines is 1. The van der Waals surface area contributed by atoms with Gasteiger partial charge in [-0.2, -0.15) is 0 Å². The zero-order chi connectivity index (χ0) is 22.1. The molecule has 3 aromatic rings. The minimum atomic E-state index is -0.571. The molecule has 1 amide bonds.